The summed E-state index contributed by atoms with van der Waals surface area (Å²) in [4.78, 5) is 10.4. The zero-order valence-electron chi connectivity index (χ0n) is 15.3. The van der Waals surface area contributed by atoms with Crippen LogP contribution in [0.15, 0.2) is 36.5 Å². The van der Waals surface area contributed by atoms with E-state index in [1.54, 1.807) is 6.20 Å². The number of fused-ring (bicyclic) bond motifs is 1. The van der Waals surface area contributed by atoms with E-state index < -0.39 is 5.82 Å². The van der Waals surface area contributed by atoms with Crippen LogP contribution in [0, 0.1) is 28.5 Å². The van der Waals surface area contributed by atoms with E-state index in [9.17, 15) is 10.5 Å². The van der Waals surface area contributed by atoms with Gasteiger partial charge in [0.05, 0.1) is 55.4 Å². The third-order valence-corrected chi connectivity index (χ3v) is 4.15. The highest BCUT2D eigenvalue weighted by molar-refractivity contribution is 5.73. The van der Waals surface area contributed by atoms with Crippen molar-refractivity contribution in [3.63, 3.8) is 0 Å². The van der Waals surface area contributed by atoms with E-state index in [1.165, 1.54) is 25.2 Å². The van der Waals surface area contributed by atoms with Crippen LogP contribution in [-0.2, 0) is 6.54 Å². The molecule has 1 heterocycles. The molecule has 0 aliphatic rings. The Morgan fingerprint density at radius 2 is 1.89 bits per heavy atom. The molecule has 0 aliphatic carbocycles. The molecule has 0 saturated heterocycles. The summed E-state index contributed by atoms with van der Waals surface area (Å²) >= 11 is 0. The number of para-hydroxylation sites is 2. The van der Waals surface area contributed by atoms with Crippen molar-refractivity contribution in [2.24, 2.45) is 0 Å². The molecule has 0 N–H and O–H groups in total. The molecule has 0 atom stereocenters. The molecular weight excluding hydrogens is 361 g/mol. The van der Waals surface area contributed by atoms with E-state index in [1.807, 2.05) is 36.4 Å². The second-order valence-corrected chi connectivity index (χ2v) is 5.80. The first-order chi connectivity index (χ1) is 13.6. The Morgan fingerprint density at radius 1 is 1.14 bits per heavy atom. The van der Waals surface area contributed by atoms with Gasteiger partial charge in [0.15, 0.2) is 11.6 Å². The second kappa shape index (κ2) is 8.19. The number of nitrogens with zero attached hydrogens (tertiary/aromatic N) is 5. The molecule has 8 heteroatoms. The molecular formula is C20H16FN5O2. The lowest BCUT2D eigenvalue weighted by Gasteiger charge is -2.24. The summed E-state index contributed by atoms with van der Waals surface area (Å²) in [7, 11) is 2.65. The molecule has 0 bridgehead atoms. The van der Waals surface area contributed by atoms with Crippen molar-refractivity contribution in [1.82, 2.24) is 9.97 Å². The molecule has 0 radical (unpaired) electrons. The Labute approximate surface area is 161 Å². The number of hydrogen-bond donors (Lipinski definition) is 0. The van der Waals surface area contributed by atoms with Crippen molar-refractivity contribution in [2.75, 3.05) is 25.7 Å². The molecule has 140 valence electrons. The molecule has 2 aromatic carbocycles. The molecule has 3 rings (SSSR count). The minimum atomic E-state index is -0.746. The fourth-order valence-electron chi connectivity index (χ4n) is 2.87. The van der Waals surface area contributed by atoms with Crippen LogP contribution in [0.1, 0.15) is 11.3 Å². The van der Waals surface area contributed by atoms with Crippen molar-refractivity contribution in [3.8, 4) is 23.6 Å². The van der Waals surface area contributed by atoms with Crippen molar-refractivity contribution in [2.45, 2.75) is 6.54 Å². The number of anilines is 1. The summed E-state index contributed by atoms with van der Waals surface area (Å²) in [5.74, 6) is -0.823. The summed E-state index contributed by atoms with van der Waals surface area (Å²) in [6.45, 7) is 0.0319. The summed E-state index contributed by atoms with van der Waals surface area (Å²) in [5.41, 5.74) is 2.03. The van der Waals surface area contributed by atoms with Gasteiger partial charge in [-0.05, 0) is 12.1 Å². The second-order valence-electron chi connectivity index (χ2n) is 5.80. The first kappa shape index (κ1) is 18.9. The first-order valence-corrected chi connectivity index (χ1v) is 8.30. The number of nitriles is 2. The van der Waals surface area contributed by atoms with Crippen LogP contribution in [0.2, 0.25) is 0 Å². The molecule has 0 saturated carbocycles. The van der Waals surface area contributed by atoms with Crippen LogP contribution >= 0.6 is 0 Å². The molecule has 0 fully saturated rings. The van der Waals surface area contributed by atoms with E-state index in [2.05, 4.69) is 9.97 Å². The van der Waals surface area contributed by atoms with Crippen LogP contribution in [0.5, 0.6) is 11.5 Å². The average molecular weight is 377 g/mol. The van der Waals surface area contributed by atoms with Gasteiger partial charge in [0.1, 0.15) is 23.9 Å². The Kier molecular flexibility index (Phi) is 5.52. The highest BCUT2D eigenvalue weighted by Gasteiger charge is 2.24. The third kappa shape index (κ3) is 3.49. The van der Waals surface area contributed by atoms with Gasteiger partial charge in [0.25, 0.3) is 0 Å². The fraction of sp³-hybridized carbons (Fsp3) is 0.200. The van der Waals surface area contributed by atoms with Gasteiger partial charge in [-0.15, -0.1) is 0 Å². The molecule has 3 aromatic rings. The Bertz CT molecular complexity index is 1100. The van der Waals surface area contributed by atoms with E-state index >= 15 is 4.39 Å². The lowest BCUT2D eigenvalue weighted by molar-refractivity contribution is 0.371. The summed E-state index contributed by atoms with van der Waals surface area (Å²) in [5, 5.41) is 18.5. The van der Waals surface area contributed by atoms with E-state index in [-0.39, 0.29) is 35.8 Å². The minimum absolute atomic E-state index is 0.0475. The quantitative estimate of drug-likeness (QED) is 0.609. The maximum atomic E-state index is 15.0. The van der Waals surface area contributed by atoms with Gasteiger partial charge in [-0.1, -0.05) is 12.1 Å². The first-order valence-electron chi connectivity index (χ1n) is 8.30. The number of benzene rings is 2. The van der Waals surface area contributed by atoms with Crippen LogP contribution in [0.3, 0.4) is 0 Å². The molecule has 0 aliphatic heterocycles. The van der Waals surface area contributed by atoms with Crippen LogP contribution in [-0.4, -0.2) is 30.7 Å². The van der Waals surface area contributed by atoms with E-state index in [4.69, 9.17) is 9.47 Å². The number of hydrogen-bond acceptors (Lipinski definition) is 7. The highest BCUT2D eigenvalue weighted by Crippen LogP contribution is 2.38. The van der Waals surface area contributed by atoms with Crippen molar-refractivity contribution in [3.05, 3.63) is 53.6 Å². The van der Waals surface area contributed by atoms with Gasteiger partial charge in [0.2, 0.25) is 0 Å². The smallest absolute Gasteiger partial charge is 0.189 e. The lowest BCUT2D eigenvalue weighted by Crippen LogP contribution is -2.25. The van der Waals surface area contributed by atoms with Crippen molar-refractivity contribution < 1.29 is 13.9 Å². The van der Waals surface area contributed by atoms with Crippen molar-refractivity contribution >= 4 is 16.7 Å². The third-order valence-electron chi connectivity index (χ3n) is 4.15. The maximum absolute atomic E-state index is 15.0. The normalized spacial score (nSPS) is 10.2. The summed E-state index contributed by atoms with van der Waals surface area (Å²) < 4.78 is 25.3. The number of ether oxygens (including phenoxy) is 2. The molecule has 28 heavy (non-hydrogen) atoms. The standard InChI is InChI=1S/C20H16FN5O2/c1-27-18-9-17(19(21)20(28-2)14(18)10-23)26(8-7-22)12-13-11-24-15-5-3-4-6-16(15)25-13/h3-6,9,11H,8,12H2,1-2H3. The number of rotatable bonds is 6. The SMILES string of the molecule is COc1cc(N(CC#N)Cc2cnc3ccccc3n2)c(F)c(OC)c1C#N. The van der Waals surface area contributed by atoms with Crippen LogP contribution in [0.25, 0.3) is 11.0 Å². The molecule has 7 nitrogen and oxygen atoms in total. The van der Waals surface area contributed by atoms with Crippen LogP contribution in [0.4, 0.5) is 10.1 Å². The summed E-state index contributed by atoms with van der Waals surface area (Å²) in [6.07, 6.45) is 1.59. The Morgan fingerprint density at radius 3 is 2.54 bits per heavy atom. The average Bonchev–Trinajstić information content (AvgIpc) is 2.72. The molecule has 0 amide bonds. The van der Waals surface area contributed by atoms with Gasteiger partial charge in [-0.2, -0.15) is 10.5 Å². The minimum Gasteiger partial charge on any atom is -0.495 e. The predicted octanol–water partition coefficient (Wildman–Crippen LogP) is 3.19. The van der Waals surface area contributed by atoms with Gasteiger partial charge < -0.3 is 14.4 Å². The Balaban J connectivity index is 2.06. The Hall–Kier alpha value is -3.91. The number of halogens is 1. The van der Waals surface area contributed by atoms with Gasteiger partial charge in [0, 0.05) is 6.07 Å². The summed E-state index contributed by atoms with van der Waals surface area (Å²) in [6, 6.07) is 12.7. The molecule has 0 spiro atoms. The maximum Gasteiger partial charge on any atom is 0.189 e. The number of aromatic nitrogens is 2. The van der Waals surface area contributed by atoms with Gasteiger partial charge in [-0.3, -0.25) is 4.98 Å². The molecule has 1 aromatic heterocycles. The molecule has 0 unspecified atom stereocenters. The van der Waals surface area contributed by atoms with E-state index in [0.29, 0.717) is 11.2 Å². The van der Waals surface area contributed by atoms with Gasteiger partial charge in [-0.25, -0.2) is 9.37 Å². The van der Waals surface area contributed by atoms with E-state index in [0.717, 1.165) is 5.52 Å². The monoisotopic (exact) mass is 377 g/mol. The topological polar surface area (TPSA) is 95.1 Å². The number of methoxy groups -OCH3 is 2. The van der Waals surface area contributed by atoms with Crippen molar-refractivity contribution in [1.29, 1.82) is 10.5 Å². The largest absolute Gasteiger partial charge is 0.495 e. The lowest BCUT2D eigenvalue weighted by atomic mass is 10.1. The highest BCUT2D eigenvalue weighted by atomic mass is 19.1. The van der Waals surface area contributed by atoms with Crippen LogP contribution < -0.4 is 14.4 Å². The zero-order chi connectivity index (χ0) is 20.1. The zero-order valence-corrected chi connectivity index (χ0v) is 15.3. The predicted molar refractivity (Wildman–Crippen MR) is 100 cm³/mol. The van der Waals surface area contributed by atoms with Gasteiger partial charge >= 0.3 is 0 Å². The fourth-order valence-corrected chi connectivity index (χ4v) is 2.87.